The van der Waals surface area contributed by atoms with Crippen LogP contribution in [0.5, 0.6) is 0 Å². The van der Waals surface area contributed by atoms with E-state index in [9.17, 15) is 0 Å². The molecule has 2 N–H and O–H groups in total. The van der Waals surface area contributed by atoms with Crippen molar-refractivity contribution in [2.75, 3.05) is 26.7 Å². The number of nitrogens with zero attached hydrogens (tertiary/aromatic N) is 1. The summed E-state index contributed by atoms with van der Waals surface area (Å²) in [6.07, 6.45) is 8.09. The van der Waals surface area contributed by atoms with Gasteiger partial charge < -0.3 is 10.6 Å². The summed E-state index contributed by atoms with van der Waals surface area (Å²) in [5.74, 6) is 0. The second-order valence-corrected chi connectivity index (χ2v) is 3.90. The van der Waals surface area contributed by atoms with Crippen molar-refractivity contribution in [1.82, 2.24) is 4.90 Å². The molecule has 0 rings (SSSR count). The maximum Gasteiger partial charge on any atom is -0.00188 e. The Labute approximate surface area is 97.2 Å². The summed E-state index contributed by atoms with van der Waals surface area (Å²) in [5.41, 5.74) is 4.50. The highest BCUT2D eigenvalue weighted by atomic mass is 15.1. The van der Waals surface area contributed by atoms with E-state index in [2.05, 4.69) is 31.4 Å². The van der Waals surface area contributed by atoms with Gasteiger partial charge >= 0.3 is 0 Å². The quantitative estimate of drug-likeness (QED) is 0.641. The van der Waals surface area contributed by atoms with E-state index in [1.165, 1.54) is 65.2 Å². The summed E-state index contributed by atoms with van der Waals surface area (Å²) < 4.78 is 0. The first-order chi connectivity index (χ1) is 7.35. The van der Waals surface area contributed by atoms with Crippen LogP contribution in [0, 0.1) is 0 Å². The van der Waals surface area contributed by atoms with Crippen molar-refractivity contribution < 1.29 is 0 Å². The Morgan fingerprint density at radius 1 is 0.667 bits per heavy atom. The number of rotatable bonds is 9. The summed E-state index contributed by atoms with van der Waals surface area (Å²) in [7, 11) is 1.50. The number of hydrogen-bond donors (Lipinski definition) is 1. The van der Waals surface area contributed by atoms with Gasteiger partial charge in [0.25, 0.3) is 0 Å². The average Bonchev–Trinajstić information content (AvgIpc) is 2.31. The molecule has 0 radical (unpaired) electrons. The molecule has 0 saturated carbocycles. The topological polar surface area (TPSA) is 29.3 Å². The van der Waals surface area contributed by atoms with Crippen molar-refractivity contribution in [3.05, 3.63) is 0 Å². The van der Waals surface area contributed by atoms with Gasteiger partial charge in [-0.3, -0.25) is 0 Å². The lowest BCUT2D eigenvalue weighted by Crippen LogP contribution is -2.27. The molecule has 0 saturated heterocycles. The van der Waals surface area contributed by atoms with E-state index in [1.54, 1.807) is 0 Å². The van der Waals surface area contributed by atoms with Crippen molar-refractivity contribution in [1.29, 1.82) is 0 Å². The molecule has 0 heterocycles. The van der Waals surface area contributed by atoms with Crippen LogP contribution < -0.4 is 5.73 Å². The molecule has 0 aromatic carbocycles. The first-order valence-electron chi connectivity index (χ1n) is 6.65. The second kappa shape index (κ2) is 16.4. The fourth-order valence-corrected chi connectivity index (χ4v) is 1.48. The minimum absolute atomic E-state index is 1.32. The summed E-state index contributed by atoms with van der Waals surface area (Å²) >= 11 is 0. The van der Waals surface area contributed by atoms with Crippen LogP contribution in [0.25, 0.3) is 0 Å². The lowest BCUT2D eigenvalue weighted by Gasteiger charge is -2.21. The molecular weight excluding hydrogens is 184 g/mol. The van der Waals surface area contributed by atoms with Gasteiger partial charge in [0, 0.05) is 0 Å². The normalized spacial score (nSPS) is 10.0. The van der Waals surface area contributed by atoms with Crippen molar-refractivity contribution in [2.24, 2.45) is 5.73 Å². The smallest absolute Gasteiger partial charge is 0.00188 e. The molecule has 0 aromatic heterocycles. The minimum Gasteiger partial charge on any atom is -0.333 e. The van der Waals surface area contributed by atoms with Gasteiger partial charge in [-0.05, 0) is 45.9 Å². The van der Waals surface area contributed by atoms with Gasteiger partial charge in [-0.2, -0.15) is 0 Å². The van der Waals surface area contributed by atoms with E-state index in [0.29, 0.717) is 0 Å². The largest absolute Gasteiger partial charge is 0.333 e. The van der Waals surface area contributed by atoms with Gasteiger partial charge in [-0.1, -0.05) is 40.0 Å². The zero-order valence-electron chi connectivity index (χ0n) is 11.4. The first-order valence-corrected chi connectivity index (χ1v) is 6.65. The second-order valence-electron chi connectivity index (χ2n) is 3.90. The average molecular weight is 216 g/mol. The Hall–Kier alpha value is -0.0800. The number of nitrogens with two attached hydrogens (primary N) is 1. The molecule has 0 aliphatic rings. The molecule has 0 amide bonds. The van der Waals surface area contributed by atoms with Crippen molar-refractivity contribution in [3.8, 4) is 0 Å². The summed E-state index contributed by atoms with van der Waals surface area (Å²) in [4.78, 5) is 2.64. The molecule has 0 fully saturated rings. The third-order valence-electron chi connectivity index (χ3n) is 2.48. The highest BCUT2D eigenvalue weighted by molar-refractivity contribution is 4.57. The van der Waals surface area contributed by atoms with E-state index < -0.39 is 0 Å². The zero-order chi connectivity index (χ0) is 11.9. The molecule has 0 unspecified atom stereocenters. The van der Waals surface area contributed by atoms with Gasteiger partial charge in [-0.25, -0.2) is 0 Å². The number of hydrogen-bond acceptors (Lipinski definition) is 2. The third-order valence-corrected chi connectivity index (χ3v) is 2.48. The van der Waals surface area contributed by atoms with Crippen LogP contribution in [0.2, 0.25) is 0 Å². The molecule has 2 heteroatoms. The predicted octanol–water partition coefficient (Wildman–Crippen LogP) is 3.26. The number of unbranched alkanes of at least 4 members (excludes halogenated alkanes) is 3. The van der Waals surface area contributed by atoms with E-state index >= 15 is 0 Å². The maximum atomic E-state index is 4.50. The minimum atomic E-state index is 1.32. The summed E-state index contributed by atoms with van der Waals surface area (Å²) in [6, 6.07) is 0. The Morgan fingerprint density at radius 3 is 1.13 bits per heavy atom. The van der Waals surface area contributed by atoms with Gasteiger partial charge in [0.05, 0.1) is 0 Å². The highest BCUT2D eigenvalue weighted by Crippen LogP contribution is 2.01. The van der Waals surface area contributed by atoms with Gasteiger partial charge in [0.2, 0.25) is 0 Å². The Bertz CT molecular complexity index is 75.5. The van der Waals surface area contributed by atoms with Crippen LogP contribution in [-0.4, -0.2) is 31.6 Å². The third kappa shape index (κ3) is 13.9. The van der Waals surface area contributed by atoms with Crippen molar-refractivity contribution in [3.63, 3.8) is 0 Å². The van der Waals surface area contributed by atoms with Crippen LogP contribution in [-0.2, 0) is 0 Å². The van der Waals surface area contributed by atoms with Crippen LogP contribution >= 0.6 is 0 Å². The van der Waals surface area contributed by atoms with E-state index in [0.717, 1.165) is 0 Å². The molecular formula is C13H32N2. The van der Waals surface area contributed by atoms with Crippen molar-refractivity contribution >= 4 is 0 Å². The fourth-order valence-electron chi connectivity index (χ4n) is 1.48. The summed E-state index contributed by atoms with van der Waals surface area (Å²) in [6.45, 7) is 10.8. The van der Waals surface area contributed by atoms with Crippen LogP contribution in [0.1, 0.15) is 59.3 Å². The molecule has 0 spiro atoms. The molecule has 0 aromatic rings. The first kappa shape index (κ1) is 17.3. The predicted molar refractivity (Wildman–Crippen MR) is 71.3 cm³/mol. The lowest BCUT2D eigenvalue weighted by molar-refractivity contribution is 0.261. The Balaban J connectivity index is 0. The summed E-state index contributed by atoms with van der Waals surface area (Å²) in [5, 5.41) is 0. The van der Waals surface area contributed by atoms with E-state index in [-0.39, 0.29) is 0 Å². The van der Waals surface area contributed by atoms with Gasteiger partial charge in [0.1, 0.15) is 0 Å². The van der Waals surface area contributed by atoms with Gasteiger partial charge in [0.15, 0.2) is 0 Å². The molecule has 15 heavy (non-hydrogen) atoms. The molecule has 94 valence electrons. The molecule has 0 bridgehead atoms. The van der Waals surface area contributed by atoms with Crippen molar-refractivity contribution in [2.45, 2.75) is 59.3 Å². The zero-order valence-corrected chi connectivity index (χ0v) is 11.4. The van der Waals surface area contributed by atoms with E-state index in [1.807, 2.05) is 0 Å². The fraction of sp³-hybridized carbons (Fsp3) is 1.00. The highest BCUT2D eigenvalue weighted by Gasteiger charge is 2.01. The van der Waals surface area contributed by atoms with Crippen LogP contribution in [0.3, 0.4) is 0 Å². The van der Waals surface area contributed by atoms with E-state index in [4.69, 9.17) is 0 Å². The molecule has 0 aliphatic carbocycles. The standard InChI is InChI=1S/C12H27N.CH5N/c1-4-7-10-13(11-8-5-2)12-9-6-3;1-2/h4-12H2,1-3H3;2H2,1H3. The van der Waals surface area contributed by atoms with Crippen LogP contribution in [0.15, 0.2) is 0 Å². The monoisotopic (exact) mass is 216 g/mol. The molecule has 2 nitrogen and oxygen atoms in total. The molecule has 0 atom stereocenters. The lowest BCUT2D eigenvalue weighted by atomic mass is 10.2. The Morgan fingerprint density at radius 2 is 0.933 bits per heavy atom. The van der Waals surface area contributed by atoms with Crippen LogP contribution in [0.4, 0.5) is 0 Å². The van der Waals surface area contributed by atoms with Gasteiger partial charge in [-0.15, -0.1) is 0 Å². The Kier molecular flexibility index (Phi) is 18.9. The maximum absolute atomic E-state index is 4.50. The molecule has 0 aliphatic heterocycles. The SMILES string of the molecule is CCCCN(CCCC)CCCC.CN.